The summed E-state index contributed by atoms with van der Waals surface area (Å²) >= 11 is 0. The van der Waals surface area contributed by atoms with Crippen molar-refractivity contribution in [3.8, 4) is 17.6 Å². The molecule has 0 unspecified atom stereocenters. The maximum atomic E-state index is 12.2. The average Bonchev–Trinajstić information content (AvgIpc) is 2.63. The smallest absolute Gasteiger partial charge is 0.343 e. The molecule has 0 aliphatic carbocycles. The Balaban J connectivity index is 1.68. The Hall–Kier alpha value is -3.31. The van der Waals surface area contributed by atoms with E-state index in [1.54, 1.807) is 24.3 Å². The third-order valence-electron chi connectivity index (χ3n) is 3.75. The van der Waals surface area contributed by atoms with Crippen molar-refractivity contribution in [3.05, 3.63) is 101 Å². The number of esters is 1. The number of ether oxygens (including phenoxy) is 1. The van der Waals surface area contributed by atoms with Crippen LogP contribution in [0.2, 0.25) is 0 Å². The molecule has 0 saturated carbocycles. The van der Waals surface area contributed by atoms with Gasteiger partial charge in [-0.25, -0.2) is 4.79 Å². The van der Waals surface area contributed by atoms with Crippen molar-refractivity contribution in [3.63, 3.8) is 0 Å². The molecule has 122 valence electrons. The Morgan fingerprint density at radius 3 is 1.64 bits per heavy atom. The van der Waals surface area contributed by atoms with Gasteiger partial charge >= 0.3 is 5.97 Å². The summed E-state index contributed by atoms with van der Waals surface area (Å²) in [6.45, 7) is 4.04. The standard InChI is InChI=1S/C23H18O2/c1-17-3-7-19(8-4-17)9-10-20-11-13-21(14-12-20)23(24)25-22-15-5-18(2)6-16-22/h3-8,11-16H,1-2H3. The highest BCUT2D eigenvalue weighted by Gasteiger charge is 2.08. The molecule has 3 aromatic carbocycles. The molecule has 2 heteroatoms. The number of rotatable bonds is 2. The van der Waals surface area contributed by atoms with Crippen LogP contribution in [0.25, 0.3) is 0 Å². The van der Waals surface area contributed by atoms with Gasteiger partial charge in [-0.1, -0.05) is 47.2 Å². The summed E-state index contributed by atoms with van der Waals surface area (Å²) in [6, 6.07) is 22.6. The Morgan fingerprint density at radius 2 is 1.12 bits per heavy atom. The molecule has 0 amide bonds. The van der Waals surface area contributed by atoms with E-state index in [9.17, 15) is 4.79 Å². The van der Waals surface area contributed by atoms with Crippen LogP contribution in [0.1, 0.15) is 32.6 Å². The molecular formula is C23H18O2. The summed E-state index contributed by atoms with van der Waals surface area (Å²) in [7, 11) is 0. The molecule has 3 aromatic rings. The van der Waals surface area contributed by atoms with Gasteiger partial charge in [0, 0.05) is 11.1 Å². The Morgan fingerprint density at radius 1 is 0.680 bits per heavy atom. The van der Waals surface area contributed by atoms with Gasteiger partial charge in [0.15, 0.2) is 0 Å². The van der Waals surface area contributed by atoms with Crippen LogP contribution in [-0.2, 0) is 0 Å². The fourth-order valence-electron chi connectivity index (χ4n) is 2.24. The van der Waals surface area contributed by atoms with Crippen molar-refractivity contribution >= 4 is 5.97 Å². The molecule has 25 heavy (non-hydrogen) atoms. The minimum absolute atomic E-state index is 0.373. The van der Waals surface area contributed by atoms with Crippen molar-refractivity contribution in [1.82, 2.24) is 0 Å². The predicted octanol–water partition coefficient (Wildman–Crippen LogP) is 4.92. The molecular weight excluding hydrogens is 308 g/mol. The second-order valence-electron chi connectivity index (χ2n) is 5.90. The summed E-state index contributed by atoms with van der Waals surface area (Å²) in [5.41, 5.74) is 4.65. The number of aryl methyl sites for hydroxylation is 2. The highest BCUT2D eigenvalue weighted by molar-refractivity contribution is 5.91. The third-order valence-corrected chi connectivity index (χ3v) is 3.75. The van der Waals surface area contributed by atoms with E-state index in [1.807, 2.05) is 62.4 Å². The van der Waals surface area contributed by atoms with Gasteiger partial charge in [-0.2, -0.15) is 0 Å². The molecule has 0 saturated heterocycles. The van der Waals surface area contributed by atoms with Gasteiger partial charge < -0.3 is 4.74 Å². The second kappa shape index (κ2) is 7.51. The lowest BCUT2D eigenvalue weighted by Gasteiger charge is -2.04. The van der Waals surface area contributed by atoms with Crippen molar-refractivity contribution < 1.29 is 9.53 Å². The minimum atomic E-state index is -0.373. The SMILES string of the molecule is Cc1ccc(C#Cc2ccc(C(=O)Oc3ccc(C)cc3)cc2)cc1. The molecule has 0 atom stereocenters. The summed E-state index contributed by atoms with van der Waals surface area (Å²) in [4.78, 5) is 12.2. The zero-order valence-electron chi connectivity index (χ0n) is 14.2. The van der Waals surface area contributed by atoms with E-state index in [1.165, 1.54) is 5.56 Å². The zero-order chi connectivity index (χ0) is 17.6. The van der Waals surface area contributed by atoms with E-state index in [2.05, 4.69) is 11.8 Å². The molecule has 0 aliphatic rings. The van der Waals surface area contributed by atoms with Crippen LogP contribution in [0.4, 0.5) is 0 Å². The van der Waals surface area contributed by atoms with E-state index < -0.39 is 0 Å². The number of carbonyl (C=O) groups is 1. The Bertz CT molecular complexity index is 923. The quantitative estimate of drug-likeness (QED) is 0.379. The largest absolute Gasteiger partial charge is 0.423 e. The van der Waals surface area contributed by atoms with Gasteiger partial charge in [-0.3, -0.25) is 0 Å². The lowest BCUT2D eigenvalue weighted by Crippen LogP contribution is -2.08. The first kappa shape index (κ1) is 16.5. The zero-order valence-corrected chi connectivity index (χ0v) is 14.2. The lowest BCUT2D eigenvalue weighted by molar-refractivity contribution is 0.0734. The average molecular weight is 326 g/mol. The first-order valence-corrected chi connectivity index (χ1v) is 8.08. The van der Waals surface area contributed by atoms with E-state index in [-0.39, 0.29) is 5.97 Å². The van der Waals surface area contributed by atoms with Crippen LogP contribution >= 0.6 is 0 Å². The minimum Gasteiger partial charge on any atom is -0.423 e. The lowest BCUT2D eigenvalue weighted by atomic mass is 10.1. The monoisotopic (exact) mass is 326 g/mol. The van der Waals surface area contributed by atoms with Crippen LogP contribution in [0.15, 0.2) is 72.8 Å². The van der Waals surface area contributed by atoms with Gasteiger partial charge in [0.05, 0.1) is 5.56 Å². The molecule has 0 aliphatic heterocycles. The van der Waals surface area contributed by atoms with E-state index >= 15 is 0 Å². The molecule has 3 rings (SSSR count). The molecule has 0 radical (unpaired) electrons. The van der Waals surface area contributed by atoms with Crippen LogP contribution in [0.3, 0.4) is 0 Å². The van der Waals surface area contributed by atoms with Crippen LogP contribution < -0.4 is 4.74 Å². The fourth-order valence-corrected chi connectivity index (χ4v) is 2.24. The first-order valence-electron chi connectivity index (χ1n) is 8.08. The normalized spacial score (nSPS) is 9.84. The van der Waals surface area contributed by atoms with Crippen molar-refractivity contribution in [2.75, 3.05) is 0 Å². The molecule has 0 heterocycles. The maximum Gasteiger partial charge on any atom is 0.343 e. The molecule has 2 nitrogen and oxygen atoms in total. The Labute approximate surface area is 148 Å². The molecule has 0 N–H and O–H groups in total. The third kappa shape index (κ3) is 4.59. The van der Waals surface area contributed by atoms with E-state index in [4.69, 9.17) is 4.74 Å². The van der Waals surface area contributed by atoms with Gasteiger partial charge in [0.1, 0.15) is 5.75 Å². The van der Waals surface area contributed by atoms with Crippen LogP contribution in [0, 0.1) is 25.7 Å². The first-order chi connectivity index (χ1) is 12.1. The van der Waals surface area contributed by atoms with E-state index in [0.29, 0.717) is 11.3 Å². The summed E-state index contributed by atoms with van der Waals surface area (Å²) in [5.74, 6) is 6.38. The van der Waals surface area contributed by atoms with Crippen LogP contribution in [0.5, 0.6) is 5.75 Å². The summed E-state index contributed by atoms with van der Waals surface area (Å²) < 4.78 is 5.36. The van der Waals surface area contributed by atoms with Crippen molar-refractivity contribution in [1.29, 1.82) is 0 Å². The van der Waals surface area contributed by atoms with Crippen molar-refractivity contribution in [2.24, 2.45) is 0 Å². The van der Waals surface area contributed by atoms with Gasteiger partial charge in [0.25, 0.3) is 0 Å². The summed E-state index contributed by atoms with van der Waals surface area (Å²) in [6.07, 6.45) is 0. The molecule has 0 aromatic heterocycles. The molecule has 0 spiro atoms. The van der Waals surface area contributed by atoms with E-state index in [0.717, 1.165) is 16.7 Å². The summed E-state index contributed by atoms with van der Waals surface area (Å²) in [5, 5.41) is 0. The fraction of sp³-hybridized carbons (Fsp3) is 0.0870. The highest BCUT2D eigenvalue weighted by Crippen LogP contribution is 2.14. The molecule has 0 fully saturated rings. The number of carbonyl (C=O) groups excluding carboxylic acids is 1. The van der Waals surface area contributed by atoms with Gasteiger partial charge in [-0.15, -0.1) is 0 Å². The van der Waals surface area contributed by atoms with Crippen molar-refractivity contribution in [2.45, 2.75) is 13.8 Å². The predicted molar refractivity (Wildman–Crippen MR) is 99.7 cm³/mol. The second-order valence-corrected chi connectivity index (χ2v) is 5.90. The number of benzene rings is 3. The van der Waals surface area contributed by atoms with Gasteiger partial charge in [-0.05, 0) is 62.4 Å². The topological polar surface area (TPSA) is 26.3 Å². The van der Waals surface area contributed by atoms with Gasteiger partial charge in [0.2, 0.25) is 0 Å². The Kier molecular flexibility index (Phi) is 4.97. The maximum absolute atomic E-state index is 12.2. The number of hydrogen-bond acceptors (Lipinski definition) is 2. The van der Waals surface area contributed by atoms with Crippen LogP contribution in [-0.4, -0.2) is 5.97 Å². The number of hydrogen-bond donors (Lipinski definition) is 0. The molecule has 0 bridgehead atoms. The highest BCUT2D eigenvalue weighted by atomic mass is 16.5.